The van der Waals surface area contributed by atoms with Gasteiger partial charge in [-0.25, -0.2) is 12.7 Å². The monoisotopic (exact) mass is 375 g/mol. The zero-order valence-electron chi connectivity index (χ0n) is 15.0. The van der Waals surface area contributed by atoms with E-state index in [-0.39, 0.29) is 17.9 Å². The third kappa shape index (κ3) is 3.26. The van der Waals surface area contributed by atoms with Crippen LogP contribution >= 0.6 is 0 Å². The molecule has 0 N–H and O–H groups in total. The summed E-state index contributed by atoms with van der Waals surface area (Å²) in [6, 6.07) is 10.1. The third-order valence-corrected chi connectivity index (χ3v) is 6.35. The van der Waals surface area contributed by atoms with Crippen LogP contribution in [-0.4, -0.2) is 39.4 Å². The van der Waals surface area contributed by atoms with Crippen molar-refractivity contribution in [1.29, 1.82) is 0 Å². The number of fused-ring (bicyclic) bond motifs is 1. The van der Waals surface area contributed by atoms with Gasteiger partial charge in [0.1, 0.15) is 0 Å². The number of hydrogen-bond acceptors (Lipinski definition) is 5. The summed E-state index contributed by atoms with van der Waals surface area (Å²) in [7, 11) is -0.812. The summed E-state index contributed by atoms with van der Waals surface area (Å²) < 4.78 is 37.4. The van der Waals surface area contributed by atoms with Crippen LogP contribution < -0.4 is 9.47 Å². The Morgan fingerprint density at radius 2 is 1.54 bits per heavy atom. The first kappa shape index (κ1) is 18.3. The lowest BCUT2D eigenvalue weighted by atomic mass is 10.0. The lowest BCUT2D eigenvalue weighted by Crippen LogP contribution is -2.37. The summed E-state index contributed by atoms with van der Waals surface area (Å²) in [5.41, 5.74) is 2.60. The number of hydrogen-bond donors (Lipinski definition) is 0. The Bertz CT molecular complexity index is 935. The van der Waals surface area contributed by atoms with Crippen LogP contribution in [0, 0.1) is 6.92 Å². The molecular formula is C19H21NO5S. The van der Waals surface area contributed by atoms with Crippen LogP contribution in [0.25, 0.3) is 0 Å². The molecule has 0 saturated carbocycles. The van der Waals surface area contributed by atoms with Gasteiger partial charge in [-0.3, -0.25) is 4.79 Å². The minimum Gasteiger partial charge on any atom is -0.493 e. The van der Waals surface area contributed by atoms with Crippen LogP contribution in [0.15, 0.2) is 41.3 Å². The van der Waals surface area contributed by atoms with Gasteiger partial charge in [0.05, 0.1) is 25.5 Å². The largest absolute Gasteiger partial charge is 0.493 e. The fourth-order valence-corrected chi connectivity index (χ4v) is 4.45. The van der Waals surface area contributed by atoms with Crippen molar-refractivity contribution in [2.75, 3.05) is 20.8 Å². The van der Waals surface area contributed by atoms with Gasteiger partial charge < -0.3 is 9.47 Å². The summed E-state index contributed by atoms with van der Waals surface area (Å²) >= 11 is 0. The number of nitrogens with zero attached hydrogens (tertiary/aromatic N) is 1. The van der Waals surface area contributed by atoms with Crippen molar-refractivity contribution in [1.82, 2.24) is 4.31 Å². The number of carbonyl (C=O) groups excluding carboxylic acids is 1. The molecule has 0 aromatic heterocycles. The molecule has 1 aliphatic rings. The van der Waals surface area contributed by atoms with E-state index in [1.165, 1.54) is 19.2 Å². The lowest BCUT2D eigenvalue weighted by molar-refractivity contribution is -0.125. The fourth-order valence-electron chi connectivity index (χ4n) is 3.05. The van der Waals surface area contributed by atoms with E-state index in [1.54, 1.807) is 25.3 Å². The molecule has 0 radical (unpaired) electrons. The first-order valence-electron chi connectivity index (χ1n) is 8.23. The van der Waals surface area contributed by atoms with E-state index in [4.69, 9.17) is 9.47 Å². The summed E-state index contributed by atoms with van der Waals surface area (Å²) in [5, 5.41) is 0. The van der Waals surface area contributed by atoms with Crippen LogP contribution in [0.4, 0.5) is 0 Å². The molecule has 0 fully saturated rings. The van der Waals surface area contributed by atoms with Gasteiger partial charge in [0.15, 0.2) is 11.5 Å². The highest BCUT2D eigenvalue weighted by atomic mass is 32.2. The van der Waals surface area contributed by atoms with Gasteiger partial charge in [-0.15, -0.1) is 0 Å². The fraction of sp³-hybridized carbons (Fsp3) is 0.316. The zero-order valence-corrected chi connectivity index (χ0v) is 15.8. The number of rotatable bonds is 4. The molecule has 1 aliphatic heterocycles. The first-order valence-corrected chi connectivity index (χ1v) is 9.67. The van der Waals surface area contributed by atoms with Gasteiger partial charge in [-0.2, -0.15) is 0 Å². The number of methoxy groups -OCH3 is 2. The average Bonchev–Trinajstić information content (AvgIpc) is 2.78. The quantitative estimate of drug-likeness (QED) is 0.820. The number of aryl methyl sites for hydroxylation is 1. The first-order chi connectivity index (χ1) is 12.4. The molecule has 0 aliphatic carbocycles. The molecule has 0 unspecified atom stereocenters. The van der Waals surface area contributed by atoms with E-state index >= 15 is 0 Å². The average molecular weight is 375 g/mol. The van der Waals surface area contributed by atoms with Gasteiger partial charge in [0, 0.05) is 6.54 Å². The second-order valence-corrected chi connectivity index (χ2v) is 8.05. The van der Waals surface area contributed by atoms with Crippen molar-refractivity contribution >= 4 is 15.9 Å². The van der Waals surface area contributed by atoms with Gasteiger partial charge in [-0.1, -0.05) is 17.7 Å². The Labute approximate surface area is 153 Å². The van der Waals surface area contributed by atoms with Crippen molar-refractivity contribution in [3.05, 3.63) is 53.1 Å². The molecule has 2 aromatic carbocycles. The Kier molecular flexibility index (Phi) is 4.91. The van der Waals surface area contributed by atoms with E-state index in [0.717, 1.165) is 21.0 Å². The molecule has 26 heavy (non-hydrogen) atoms. The van der Waals surface area contributed by atoms with Crippen LogP contribution in [0.1, 0.15) is 16.7 Å². The smallest absolute Gasteiger partial charge is 0.266 e. The molecule has 0 spiro atoms. The van der Waals surface area contributed by atoms with E-state index in [0.29, 0.717) is 17.9 Å². The Morgan fingerprint density at radius 1 is 0.962 bits per heavy atom. The normalized spacial score (nSPS) is 14.6. The molecule has 3 rings (SSSR count). The maximum absolute atomic E-state index is 12.9. The van der Waals surface area contributed by atoms with Crippen molar-refractivity contribution in [3.63, 3.8) is 0 Å². The number of carbonyl (C=O) groups is 1. The molecule has 0 saturated heterocycles. The Hall–Kier alpha value is -2.54. The van der Waals surface area contributed by atoms with Crippen molar-refractivity contribution < 1.29 is 22.7 Å². The SMILES string of the molecule is COc1cc2c(cc1OC)CC(=O)N(S(=O)(=O)c1ccc(C)cc1)CC2. The van der Waals surface area contributed by atoms with Crippen LogP contribution in [0.3, 0.4) is 0 Å². The number of amides is 1. The molecule has 7 heteroatoms. The highest BCUT2D eigenvalue weighted by molar-refractivity contribution is 7.89. The van der Waals surface area contributed by atoms with E-state index < -0.39 is 15.9 Å². The van der Waals surface area contributed by atoms with Crippen LogP contribution in [0.5, 0.6) is 11.5 Å². The summed E-state index contributed by atoms with van der Waals surface area (Å²) in [6.45, 7) is 1.97. The molecule has 138 valence electrons. The zero-order chi connectivity index (χ0) is 18.9. The number of benzene rings is 2. The Morgan fingerprint density at radius 3 is 2.12 bits per heavy atom. The van der Waals surface area contributed by atoms with Crippen molar-refractivity contribution in [3.8, 4) is 11.5 Å². The van der Waals surface area contributed by atoms with Gasteiger partial charge in [0.2, 0.25) is 5.91 Å². The maximum Gasteiger partial charge on any atom is 0.266 e. The third-order valence-electron chi connectivity index (χ3n) is 4.52. The summed E-state index contributed by atoms with van der Waals surface area (Å²) in [5.74, 6) is 0.638. The topological polar surface area (TPSA) is 72.9 Å². The molecule has 0 bridgehead atoms. The molecule has 2 aromatic rings. The Balaban J connectivity index is 1.96. The van der Waals surface area contributed by atoms with E-state index in [9.17, 15) is 13.2 Å². The van der Waals surface area contributed by atoms with E-state index in [2.05, 4.69) is 0 Å². The highest BCUT2D eigenvalue weighted by Gasteiger charge is 2.32. The number of sulfonamides is 1. The standard InChI is InChI=1S/C19H21NO5S/c1-13-4-6-16(7-5-13)26(22,23)20-9-8-14-10-17(24-2)18(25-3)11-15(14)12-19(20)21/h4-7,10-11H,8-9,12H2,1-3H3. The van der Waals surface area contributed by atoms with Gasteiger partial charge in [0.25, 0.3) is 10.0 Å². The summed E-state index contributed by atoms with van der Waals surface area (Å²) in [4.78, 5) is 12.8. The van der Waals surface area contributed by atoms with Crippen LogP contribution in [0.2, 0.25) is 0 Å². The molecule has 1 heterocycles. The molecule has 0 atom stereocenters. The minimum absolute atomic E-state index is 0.000773. The number of ether oxygens (including phenoxy) is 2. The maximum atomic E-state index is 12.9. The van der Waals surface area contributed by atoms with E-state index in [1.807, 2.05) is 13.0 Å². The highest BCUT2D eigenvalue weighted by Crippen LogP contribution is 2.33. The van der Waals surface area contributed by atoms with Crippen molar-refractivity contribution in [2.45, 2.75) is 24.7 Å². The molecular weight excluding hydrogens is 354 g/mol. The van der Waals surface area contributed by atoms with Crippen LogP contribution in [-0.2, 0) is 27.7 Å². The van der Waals surface area contributed by atoms with Gasteiger partial charge >= 0.3 is 0 Å². The predicted octanol–water partition coefficient (Wildman–Crippen LogP) is 2.33. The lowest BCUT2D eigenvalue weighted by Gasteiger charge is -2.20. The second-order valence-electron chi connectivity index (χ2n) is 6.19. The van der Waals surface area contributed by atoms with Gasteiger partial charge in [-0.05, 0) is 48.7 Å². The summed E-state index contributed by atoms with van der Waals surface area (Å²) in [6.07, 6.45) is 0.424. The molecule has 1 amide bonds. The van der Waals surface area contributed by atoms with Crippen molar-refractivity contribution in [2.24, 2.45) is 0 Å². The predicted molar refractivity (Wildman–Crippen MR) is 97.0 cm³/mol. The minimum atomic E-state index is -3.88. The second kappa shape index (κ2) is 6.99. The molecule has 6 nitrogen and oxygen atoms in total.